The zero-order valence-corrected chi connectivity index (χ0v) is 13.3. The van der Waals surface area contributed by atoms with E-state index in [0.717, 1.165) is 6.54 Å². The average molecular weight is 289 g/mol. The highest BCUT2D eigenvalue weighted by molar-refractivity contribution is 5.76. The van der Waals surface area contributed by atoms with E-state index in [0.29, 0.717) is 13.0 Å². The number of amides is 1. The van der Waals surface area contributed by atoms with Gasteiger partial charge in [-0.25, -0.2) is 0 Å². The Morgan fingerprint density at radius 2 is 1.86 bits per heavy atom. The maximum atomic E-state index is 11.9. The average Bonchev–Trinajstić information content (AvgIpc) is 2.54. The summed E-state index contributed by atoms with van der Waals surface area (Å²) < 4.78 is 0. The molecule has 0 unspecified atom stereocenters. The summed E-state index contributed by atoms with van der Waals surface area (Å²) in [6.45, 7) is 3.75. The van der Waals surface area contributed by atoms with Crippen LogP contribution >= 0.6 is 0 Å². The van der Waals surface area contributed by atoms with E-state index in [9.17, 15) is 4.79 Å². The predicted octanol–water partition coefficient (Wildman–Crippen LogP) is 2.24. The van der Waals surface area contributed by atoms with Crippen LogP contribution in [0.3, 0.4) is 0 Å². The molecule has 116 valence electrons. The fraction of sp³-hybridized carbons (Fsp3) is 0.588. The van der Waals surface area contributed by atoms with Crippen molar-refractivity contribution in [2.45, 2.75) is 32.2 Å². The van der Waals surface area contributed by atoms with Crippen molar-refractivity contribution in [3.05, 3.63) is 29.8 Å². The summed E-state index contributed by atoms with van der Waals surface area (Å²) in [4.78, 5) is 16.2. The topological polar surface area (TPSA) is 35.6 Å². The number of hydrogen-bond acceptors (Lipinski definition) is 3. The fourth-order valence-corrected chi connectivity index (χ4v) is 2.75. The first kappa shape index (κ1) is 15.8. The molecule has 21 heavy (non-hydrogen) atoms. The summed E-state index contributed by atoms with van der Waals surface area (Å²) in [6, 6.07) is 8.66. The Hall–Kier alpha value is -1.55. The van der Waals surface area contributed by atoms with E-state index in [1.807, 2.05) is 14.1 Å². The number of rotatable bonds is 6. The van der Waals surface area contributed by atoms with Crippen LogP contribution in [-0.2, 0) is 11.3 Å². The van der Waals surface area contributed by atoms with Gasteiger partial charge in [0.1, 0.15) is 0 Å². The largest absolute Gasteiger partial charge is 0.372 e. The third kappa shape index (κ3) is 4.74. The van der Waals surface area contributed by atoms with Crippen molar-refractivity contribution >= 4 is 11.6 Å². The summed E-state index contributed by atoms with van der Waals surface area (Å²) in [6.07, 6.45) is 4.50. The summed E-state index contributed by atoms with van der Waals surface area (Å²) >= 11 is 0. The van der Waals surface area contributed by atoms with Gasteiger partial charge in [0.15, 0.2) is 0 Å². The Kier molecular flexibility index (Phi) is 6.05. The Morgan fingerprint density at radius 1 is 1.19 bits per heavy atom. The number of nitrogens with one attached hydrogen (secondary N) is 1. The molecule has 1 heterocycles. The number of anilines is 1. The molecule has 1 aromatic rings. The van der Waals surface area contributed by atoms with E-state index in [-0.39, 0.29) is 5.91 Å². The maximum absolute atomic E-state index is 11.9. The first-order valence-corrected chi connectivity index (χ1v) is 7.93. The van der Waals surface area contributed by atoms with Crippen LogP contribution in [0, 0.1) is 0 Å². The van der Waals surface area contributed by atoms with E-state index in [2.05, 4.69) is 34.5 Å². The highest BCUT2D eigenvalue weighted by atomic mass is 16.2. The van der Waals surface area contributed by atoms with E-state index in [1.165, 1.54) is 43.6 Å². The second-order valence-corrected chi connectivity index (χ2v) is 5.82. The molecule has 0 aromatic heterocycles. The first-order chi connectivity index (χ1) is 10.2. The minimum atomic E-state index is 0.185. The first-order valence-electron chi connectivity index (χ1n) is 7.93. The molecule has 1 fully saturated rings. The number of piperidine rings is 1. The van der Waals surface area contributed by atoms with Crippen LogP contribution in [0.25, 0.3) is 0 Å². The lowest BCUT2D eigenvalue weighted by atomic mass is 10.1. The van der Waals surface area contributed by atoms with Crippen LogP contribution in [0.4, 0.5) is 5.69 Å². The maximum Gasteiger partial charge on any atom is 0.223 e. The summed E-state index contributed by atoms with van der Waals surface area (Å²) in [7, 11) is 3.74. The molecule has 0 aliphatic carbocycles. The molecule has 1 aliphatic rings. The Balaban J connectivity index is 1.88. The van der Waals surface area contributed by atoms with Gasteiger partial charge in [0.25, 0.3) is 0 Å². The molecule has 0 atom stereocenters. The Morgan fingerprint density at radius 3 is 2.48 bits per heavy atom. The monoisotopic (exact) mass is 289 g/mol. The number of carbonyl (C=O) groups excluding carboxylic acids is 1. The molecule has 0 spiro atoms. The molecular weight excluding hydrogens is 262 g/mol. The van der Waals surface area contributed by atoms with Crippen LogP contribution in [0.15, 0.2) is 24.3 Å². The third-order valence-electron chi connectivity index (χ3n) is 4.09. The number of hydrogen-bond donors (Lipinski definition) is 1. The molecule has 2 rings (SSSR count). The molecular formula is C17H27N3O. The molecule has 0 bridgehead atoms. The second-order valence-electron chi connectivity index (χ2n) is 5.82. The Bertz CT molecular complexity index is 438. The summed E-state index contributed by atoms with van der Waals surface area (Å²) in [5, 5.41) is 3.01. The van der Waals surface area contributed by atoms with Crippen molar-refractivity contribution in [1.82, 2.24) is 10.2 Å². The van der Waals surface area contributed by atoms with Gasteiger partial charge >= 0.3 is 0 Å². The standard InChI is InChI=1S/C17H27N3O/c1-18-11-10-17(21)19(2)14-15-6-8-16(9-7-15)20-12-4-3-5-13-20/h6-9,18H,3-5,10-14H2,1-2H3. The Labute approximate surface area is 128 Å². The second kappa shape index (κ2) is 8.03. The van der Waals surface area contributed by atoms with Gasteiger partial charge in [-0.05, 0) is 44.0 Å². The lowest BCUT2D eigenvalue weighted by Crippen LogP contribution is -2.29. The molecule has 1 saturated heterocycles. The number of nitrogens with zero attached hydrogens (tertiary/aromatic N) is 2. The van der Waals surface area contributed by atoms with Crippen molar-refractivity contribution in [1.29, 1.82) is 0 Å². The van der Waals surface area contributed by atoms with Crippen LogP contribution in [0.2, 0.25) is 0 Å². The van der Waals surface area contributed by atoms with Gasteiger partial charge in [-0.15, -0.1) is 0 Å². The zero-order valence-electron chi connectivity index (χ0n) is 13.3. The van der Waals surface area contributed by atoms with Crippen molar-refractivity contribution in [2.24, 2.45) is 0 Å². The predicted molar refractivity (Wildman–Crippen MR) is 87.5 cm³/mol. The van der Waals surface area contributed by atoms with Gasteiger partial charge in [0.05, 0.1) is 0 Å². The van der Waals surface area contributed by atoms with Gasteiger partial charge in [0.2, 0.25) is 5.91 Å². The minimum absolute atomic E-state index is 0.185. The molecule has 4 heteroatoms. The normalized spacial score (nSPS) is 15.0. The van der Waals surface area contributed by atoms with E-state index >= 15 is 0 Å². The van der Waals surface area contributed by atoms with Crippen molar-refractivity contribution in [3.8, 4) is 0 Å². The zero-order chi connectivity index (χ0) is 15.1. The molecule has 1 N–H and O–H groups in total. The van der Waals surface area contributed by atoms with Crippen LogP contribution in [0.5, 0.6) is 0 Å². The molecule has 1 aromatic carbocycles. The third-order valence-corrected chi connectivity index (χ3v) is 4.09. The lowest BCUT2D eigenvalue weighted by molar-refractivity contribution is -0.130. The fourth-order valence-electron chi connectivity index (χ4n) is 2.75. The highest BCUT2D eigenvalue weighted by Crippen LogP contribution is 2.20. The van der Waals surface area contributed by atoms with Crippen LogP contribution in [0.1, 0.15) is 31.2 Å². The number of benzene rings is 1. The molecule has 1 amide bonds. The minimum Gasteiger partial charge on any atom is -0.372 e. The smallest absolute Gasteiger partial charge is 0.223 e. The lowest BCUT2D eigenvalue weighted by Gasteiger charge is -2.29. The quantitative estimate of drug-likeness (QED) is 0.872. The summed E-state index contributed by atoms with van der Waals surface area (Å²) in [5.41, 5.74) is 2.50. The van der Waals surface area contributed by atoms with E-state index in [1.54, 1.807) is 4.90 Å². The van der Waals surface area contributed by atoms with Crippen molar-refractivity contribution in [2.75, 3.05) is 38.6 Å². The molecule has 4 nitrogen and oxygen atoms in total. The number of carbonyl (C=O) groups is 1. The molecule has 0 radical (unpaired) electrons. The van der Waals surface area contributed by atoms with Gasteiger partial charge in [-0.1, -0.05) is 12.1 Å². The highest BCUT2D eigenvalue weighted by Gasteiger charge is 2.12. The summed E-state index contributed by atoms with van der Waals surface area (Å²) in [5.74, 6) is 0.185. The molecule has 1 aliphatic heterocycles. The van der Waals surface area contributed by atoms with Gasteiger partial charge < -0.3 is 15.1 Å². The van der Waals surface area contributed by atoms with Crippen LogP contribution < -0.4 is 10.2 Å². The van der Waals surface area contributed by atoms with Gasteiger partial charge in [0, 0.05) is 45.3 Å². The van der Waals surface area contributed by atoms with Crippen LogP contribution in [-0.4, -0.2) is 44.5 Å². The van der Waals surface area contributed by atoms with Crippen molar-refractivity contribution in [3.63, 3.8) is 0 Å². The molecule has 0 saturated carbocycles. The van der Waals surface area contributed by atoms with Gasteiger partial charge in [-0.2, -0.15) is 0 Å². The van der Waals surface area contributed by atoms with E-state index < -0.39 is 0 Å². The van der Waals surface area contributed by atoms with Crippen molar-refractivity contribution < 1.29 is 4.79 Å². The van der Waals surface area contributed by atoms with E-state index in [4.69, 9.17) is 0 Å². The van der Waals surface area contributed by atoms with Gasteiger partial charge in [-0.3, -0.25) is 4.79 Å². The SMILES string of the molecule is CNCCC(=O)N(C)Cc1ccc(N2CCCCC2)cc1.